The minimum Gasteiger partial charge on any atom is -0.378 e. The Balaban J connectivity index is 3.30. The third-order valence-corrected chi connectivity index (χ3v) is 4.81. The van der Waals surface area contributed by atoms with Gasteiger partial charge in [-0.05, 0) is 33.3 Å². The van der Waals surface area contributed by atoms with Crippen LogP contribution in [0.1, 0.15) is 33.3 Å². The van der Waals surface area contributed by atoms with E-state index in [9.17, 15) is 0 Å². The molecule has 0 aromatic heterocycles. The Hall–Kier alpha value is -1.22. The maximum absolute atomic E-state index is 2.49. The second-order valence-electron chi connectivity index (χ2n) is 4.64. The summed E-state index contributed by atoms with van der Waals surface area (Å²) in [5, 5.41) is 1.51. The predicted molar refractivity (Wildman–Crippen MR) is 89.1 cm³/mol. The molecular weight excluding hydrogens is 248 g/mol. The smallest absolute Gasteiger partial charge is 0.0618 e. The lowest BCUT2D eigenvalue weighted by Gasteiger charge is -2.32. The van der Waals surface area contributed by atoms with Gasteiger partial charge in [-0.2, -0.15) is 0 Å². The molecule has 0 spiro atoms. The summed E-state index contributed by atoms with van der Waals surface area (Å²) in [6.07, 6.45) is 0. The second-order valence-corrected chi connectivity index (χ2v) is 5.59. The van der Waals surface area contributed by atoms with Crippen LogP contribution in [0, 0.1) is 0 Å². The average molecular weight is 277 g/mol. The first-order valence-electron chi connectivity index (χ1n) is 7.45. The third-order valence-electron chi connectivity index (χ3n) is 3.71. The summed E-state index contributed by atoms with van der Waals surface area (Å²) in [7, 11) is 1.08. The van der Waals surface area contributed by atoms with E-state index in [0.29, 0.717) is 0 Å². The Labute approximate surface area is 121 Å². The van der Waals surface area contributed by atoms with Crippen LogP contribution in [-0.4, -0.2) is 46.2 Å². The molecule has 3 heteroatoms. The van der Waals surface area contributed by atoms with Crippen molar-refractivity contribution in [2.75, 3.05) is 26.2 Å². The highest BCUT2D eigenvalue weighted by Gasteiger charge is 2.14. The molecule has 0 atom stereocenters. The number of nitrogens with zero attached hydrogens (tertiary/aromatic N) is 2. The van der Waals surface area contributed by atoms with Gasteiger partial charge in [0.25, 0.3) is 0 Å². The van der Waals surface area contributed by atoms with Crippen LogP contribution >= 0.6 is 0 Å². The standard InChI is InChI=1S/C16H28N2Si/c1-5-17(6-2)15(14-12-10-9-11-13-14)16(19)18(7-3)8-4/h9-13H,5-8H2,1-4,19H3. The predicted octanol–water partition coefficient (Wildman–Crippen LogP) is 2.36. The molecule has 2 nitrogen and oxygen atoms in total. The topological polar surface area (TPSA) is 6.48 Å². The summed E-state index contributed by atoms with van der Waals surface area (Å²) >= 11 is 0. The fourth-order valence-corrected chi connectivity index (χ4v) is 3.84. The van der Waals surface area contributed by atoms with Crippen LogP contribution in [0.5, 0.6) is 0 Å². The highest BCUT2D eigenvalue weighted by Crippen LogP contribution is 2.23. The zero-order chi connectivity index (χ0) is 14.3. The average Bonchev–Trinajstić information content (AvgIpc) is 2.46. The van der Waals surface area contributed by atoms with Crippen LogP contribution in [-0.2, 0) is 0 Å². The molecule has 0 saturated carbocycles. The van der Waals surface area contributed by atoms with Crippen molar-refractivity contribution in [3.63, 3.8) is 0 Å². The van der Waals surface area contributed by atoms with Crippen LogP contribution < -0.4 is 0 Å². The molecule has 0 aliphatic carbocycles. The van der Waals surface area contributed by atoms with E-state index in [-0.39, 0.29) is 0 Å². The van der Waals surface area contributed by atoms with E-state index in [4.69, 9.17) is 0 Å². The lowest BCUT2D eigenvalue weighted by molar-refractivity contribution is 0.383. The number of rotatable bonds is 7. The van der Waals surface area contributed by atoms with E-state index < -0.39 is 0 Å². The zero-order valence-electron chi connectivity index (χ0n) is 13.1. The van der Waals surface area contributed by atoms with Crippen LogP contribution in [0.25, 0.3) is 5.70 Å². The van der Waals surface area contributed by atoms with Crippen molar-refractivity contribution in [1.29, 1.82) is 0 Å². The molecule has 1 rings (SSSR count). The van der Waals surface area contributed by atoms with Gasteiger partial charge in [-0.1, -0.05) is 30.3 Å². The number of benzene rings is 1. The minimum absolute atomic E-state index is 1.06. The Kier molecular flexibility index (Phi) is 6.71. The SMILES string of the molecule is CCN(CC)C([SiH3])=C(c1ccccc1)N(CC)CC. The molecule has 0 fully saturated rings. The zero-order valence-corrected chi connectivity index (χ0v) is 15.1. The molecule has 0 amide bonds. The van der Waals surface area contributed by atoms with Crippen molar-refractivity contribution in [3.05, 3.63) is 41.2 Å². The number of hydrogen-bond acceptors (Lipinski definition) is 2. The van der Waals surface area contributed by atoms with Gasteiger partial charge in [0.1, 0.15) is 0 Å². The molecule has 0 heterocycles. The highest BCUT2D eigenvalue weighted by atomic mass is 28.1. The first-order chi connectivity index (χ1) is 9.19. The van der Waals surface area contributed by atoms with Gasteiger partial charge in [-0.15, -0.1) is 0 Å². The van der Waals surface area contributed by atoms with Crippen molar-refractivity contribution in [2.24, 2.45) is 0 Å². The summed E-state index contributed by atoms with van der Waals surface area (Å²) < 4.78 is 0. The first kappa shape index (κ1) is 15.8. The van der Waals surface area contributed by atoms with E-state index in [1.54, 1.807) is 0 Å². The maximum atomic E-state index is 2.49. The van der Waals surface area contributed by atoms with Gasteiger partial charge in [0.05, 0.1) is 15.9 Å². The molecule has 1 aromatic carbocycles. The summed E-state index contributed by atoms with van der Waals surface area (Å²) in [6.45, 7) is 13.3. The van der Waals surface area contributed by atoms with Gasteiger partial charge in [0.15, 0.2) is 0 Å². The van der Waals surface area contributed by atoms with Gasteiger partial charge >= 0.3 is 0 Å². The van der Waals surface area contributed by atoms with Crippen LogP contribution in [0.2, 0.25) is 0 Å². The van der Waals surface area contributed by atoms with Crippen molar-refractivity contribution < 1.29 is 0 Å². The highest BCUT2D eigenvalue weighted by molar-refractivity contribution is 6.24. The molecule has 1 aromatic rings. The van der Waals surface area contributed by atoms with E-state index >= 15 is 0 Å². The van der Waals surface area contributed by atoms with Crippen LogP contribution in [0.15, 0.2) is 35.7 Å². The lowest BCUT2D eigenvalue weighted by Crippen LogP contribution is -2.30. The van der Waals surface area contributed by atoms with Crippen LogP contribution in [0.4, 0.5) is 0 Å². The van der Waals surface area contributed by atoms with Crippen molar-refractivity contribution in [1.82, 2.24) is 9.80 Å². The Morgan fingerprint density at radius 3 is 1.74 bits per heavy atom. The Bertz CT molecular complexity index is 392. The van der Waals surface area contributed by atoms with Gasteiger partial charge in [0.2, 0.25) is 0 Å². The van der Waals surface area contributed by atoms with E-state index in [1.807, 2.05) is 0 Å². The molecule has 0 aliphatic rings. The molecule has 106 valence electrons. The molecule has 0 saturated heterocycles. The third kappa shape index (κ3) is 3.87. The fraction of sp³-hybridized carbons (Fsp3) is 0.500. The molecule has 0 unspecified atom stereocenters. The van der Waals surface area contributed by atoms with Gasteiger partial charge < -0.3 is 9.80 Å². The summed E-state index contributed by atoms with van der Waals surface area (Å²) in [4.78, 5) is 4.98. The molecule has 19 heavy (non-hydrogen) atoms. The largest absolute Gasteiger partial charge is 0.378 e. The van der Waals surface area contributed by atoms with Crippen molar-refractivity contribution >= 4 is 15.9 Å². The lowest BCUT2D eigenvalue weighted by atomic mass is 10.1. The van der Waals surface area contributed by atoms with E-state index in [0.717, 1.165) is 36.4 Å². The Morgan fingerprint density at radius 2 is 1.32 bits per heavy atom. The van der Waals surface area contributed by atoms with Gasteiger partial charge in [0, 0.05) is 31.5 Å². The van der Waals surface area contributed by atoms with Crippen molar-refractivity contribution in [3.8, 4) is 0 Å². The first-order valence-corrected chi connectivity index (χ1v) is 8.45. The van der Waals surface area contributed by atoms with E-state index in [2.05, 4.69) is 67.8 Å². The summed E-state index contributed by atoms with van der Waals surface area (Å²) in [5.74, 6) is 0. The fourth-order valence-electron chi connectivity index (χ4n) is 2.60. The van der Waals surface area contributed by atoms with Crippen molar-refractivity contribution in [2.45, 2.75) is 27.7 Å². The summed E-state index contributed by atoms with van der Waals surface area (Å²) in [5.41, 5.74) is 2.78. The summed E-state index contributed by atoms with van der Waals surface area (Å²) in [6, 6.07) is 10.8. The van der Waals surface area contributed by atoms with Gasteiger partial charge in [-0.3, -0.25) is 0 Å². The molecule has 0 radical (unpaired) electrons. The molecule has 0 aliphatic heterocycles. The normalized spacial score (nSPS) is 12.2. The van der Waals surface area contributed by atoms with E-state index in [1.165, 1.54) is 16.6 Å². The minimum atomic E-state index is 1.06. The molecular formula is C16H28N2Si. The molecule has 0 bridgehead atoms. The quantitative estimate of drug-likeness (QED) is 0.706. The molecule has 0 N–H and O–H groups in total. The maximum Gasteiger partial charge on any atom is 0.0618 e. The van der Waals surface area contributed by atoms with Gasteiger partial charge in [-0.25, -0.2) is 0 Å². The van der Waals surface area contributed by atoms with Crippen LogP contribution in [0.3, 0.4) is 0 Å². The number of hydrogen-bond donors (Lipinski definition) is 0. The monoisotopic (exact) mass is 276 g/mol. The Morgan fingerprint density at radius 1 is 0.842 bits per heavy atom. The second kappa shape index (κ2) is 8.05.